The molecule has 0 saturated heterocycles. The van der Waals surface area contributed by atoms with Gasteiger partial charge in [-0.2, -0.15) is 0 Å². The van der Waals surface area contributed by atoms with Crippen molar-refractivity contribution in [3.05, 3.63) is 178 Å². The van der Waals surface area contributed by atoms with Gasteiger partial charge in [-0.1, -0.05) is 148 Å². The Kier molecular flexibility index (Phi) is 8.42. The van der Waals surface area contributed by atoms with Crippen LogP contribution in [-0.2, 0) is 12.5 Å². The van der Waals surface area contributed by atoms with E-state index in [9.17, 15) is 0 Å². The Balaban J connectivity index is 0.000000114. The summed E-state index contributed by atoms with van der Waals surface area (Å²) in [7, 11) is 2.13. The van der Waals surface area contributed by atoms with Gasteiger partial charge in [-0.3, -0.25) is 0 Å². The average Bonchev–Trinajstić information content (AvgIpc) is 3.73. The van der Waals surface area contributed by atoms with Crippen LogP contribution < -0.4 is 0 Å². The fourth-order valence-corrected chi connectivity index (χ4v) is 9.27. The van der Waals surface area contributed by atoms with E-state index in [1.807, 2.05) is 0 Å². The number of aryl methyl sites for hydroxylation is 5. The summed E-state index contributed by atoms with van der Waals surface area (Å²) in [5.74, 6) is 0.604. The van der Waals surface area contributed by atoms with Crippen molar-refractivity contribution in [3.8, 4) is 22.3 Å². The number of hydrogen-bond donors (Lipinski definition) is 0. The predicted molar refractivity (Wildman–Crippen MR) is 225 cm³/mol. The average molecular weight is 676 g/mol. The van der Waals surface area contributed by atoms with E-state index >= 15 is 0 Å². The van der Waals surface area contributed by atoms with E-state index in [0.29, 0.717) is 5.92 Å². The Morgan fingerprint density at radius 2 is 1.17 bits per heavy atom. The predicted octanol–water partition coefficient (Wildman–Crippen LogP) is 13.9. The minimum absolute atomic E-state index is 0.0888. The summed E-state index contributed by atoms with van der Waals surface area (Å²) in [5.41, 5.74) is 19.9. The molecule has 2 aliphatic rings. The first-order valence-corrected chi connectivity index (χ1v) is 18.9. The molecule has 8 aromatic rings. The Morgan fingerprint density at radius 3 is 1.96 bits per heavy atom. The second kappa shape index (κ2) is 13.0. The van der Waals surface area contributed by atoms with Gasteiger partial charge in [-0.05, 0) is 118 Å². The molecule has 1 aromatic heterocycles. The second-order valence-electron chi connectivity index (χ2n) is 15.5. The Bertz CT molecular complexity index is 2650. The first-order valence-electron chi connectivity index (χ1n) is 18.9. The zero-order valence-electron chi connectivity index (χ0n) is 31.9. The van der Waals surface area contributed by atoms with Crippen LogP contribution in [-0.4, -0.2) is 4.57 Å². The van der Waals surface area contributed by atoms with Crippen LogP contribution in [0.1, 0.15) is 77.6 Å². The molecule has 7 aromatic carbocycles. The van der Waals surface area contributed by atoms with Gasteiger partial charge in [0.1, 0.15) is 0 Å². The molecule has 52 heavy (non-hydrogen) atoms. The number of rotatable bonds is 1. The van der Waals surface area contributed by atoms with E-state index in [2.05, 4.69) is 194 Å². The molecule has 1 heteroatoms. The van der Waals surface area contributed by atoms with Gasteiger partial charge < -0.3 is 4.57 Å². The molecular formula is C51H49N. The number of benzene rings is 7. The largest absolute Gasteiger partial charge is 0.344 e. The van der Waals surface area contributed by atoms with Gasteiger partial charge in [0.05, 0.1) is 0 Å². The minimum Gasteiger partial charge on any atom is -0.344 e. The SMILES string of the molecule is CCC1c2ccccc2-c2cccc(C)c21.Cc1ccc2c(c1)C(C)(C)c1cc(C)c3ccccc3c1-2.Cc1cccc2c1c1ccccc1n2C. The molecular weight excluding hydrogens is 627 g/mol. The van der Waals surface area contributed by atoms with Crippen molar-refractivity contribution in [1.82, 2.24) is 4.57 Å². The third-order valence-corrected chi connectivity index (χ3v) is 11.9. The van der Waals surface area contributed by atoms with Gasteiger partial charge in [-0.15, -0.1) is 0 Å². The van der Waals surface area contributed by atoms with Crippen LogP contribution in [0.15, 0.2) is 133 Å². The number of hydrogen-bond acceptors (Lipinski definition) is 0. The smallest absolute Gasteiger partial charge is 0.0491 e. The molecule has 1 unspecified atom stereocenters. The molecule has 1 atom stereocenters. The summed E-state index contributed by atoms with van der Waals surface area (Å²) in [6, 6.07) is 48.6. The number of fused-ring (bicyclic) bond motifs is 11. The standard InChI is InChI=1S/C21H20.C16H16.C14H13N/c1-13-9-10-17-18(11-13)21(3,4)19-12-14(2)15-7-5-6-8-16(15)20(17)19;1-3-12-13-8-4-5-9-14(13)15-10-6-7-11(2)16(12)15;1-10-6-5-9-13-14(10)11-7-3-4-8-12(11)15(13)2/h5-12H,1-4H3;4-10,12H,3H2,1-2H3;3-9H,1-2H3. The molecule has 0 aliphatic heterocycles. The van der Waals surface area contributed by atoms with Crippen LogP contribution in [0, 0.1) is 27.7 Å². The summed E-state index contributed by atoms with van der Waals surface area (Å²) < 4.78 is 2.26. The molecule has 1 nitrogen and oxygen atoms in total. The van der Waals surface area contributed by atoms with Crippen molar-refractivity contribution >= 4 is 32.6 Å². The fraction of sp³-hybridized carbons (Fsp3) is 0.216. The highest BCUT2D eigenvalue weighted by Crippen LogP contribution is 2.52. The summed E-state index contributed by atoms with van der Waals surface area (Å²) in [6.45, 7) is 15.8. The zero-order valence-corrected chi connectivity index (χ0v) is 31.9. The van der Waals surface area contributed by atoms with E-state index in [1.54, 1.807) is 5.56 Å². The van der Waals surface area contributed by atoms with E-state index in [4.69, 9.17) is 0 Å². The van der Waals surface area contributed by atoms with Crippen LogP contribution in [0.5, 0.6) is 0 Å². The van der Waals surface area contributed by atoms with Gasteiger partial charge in [0, 0.05) is 40.2 Å². The maximum atomic E-state index is 2.40. The van der Waals surface area contributed by atoms with Crippen molar-refractivity contribution in [1.29, 1.82) is 0 Å². The van der Waals surface area contributed by atoms with Crippen LogP contribution in [0.25, 0.3) is 54.8 Å². The molecule has 0 radical (unpaired) electrons. The van der Waals surface area contributed by atoms with Crippen molar-refractivity contribution in [2.75, 3.05) is 0 Å². The molecule has 0 saturated carbocycles. The summed E-state index contributed by atoms with van der Waals surface area (Å²) in [4.78, 5) is 0. The Morgan fingerprint density at radius 1 is 0.538 bits per heavy atom. The number of aromatic nitrogens is 1. The van der Waals surface area contributed by atoms with E-state index < -0.39 is 0 Å². The topological polar surface area (TPSA) is 4.93 Å². The molecule has 1 heterocycles. The molecule has 0 fully saturated rings. The molecule has 2 aliphatic carbocycles. The zero-order chi connectivity index (χ0) is 36.3. The molecule has 0 N–H and O–H groups in total. The quantitative estimate of drug-likeness (QED) is 0.163. The van der Waals surface area contributed by atoms with Crippen molar-refractivity contribution in [3.63, 3.8) is 0 Å². The molecule has 0 spiro atoms. The van der Waals surface area contributed by atoms with Crippen LogP contribution in [0.4, 0.5) is 0 Å². The highest BCUT2D eigenvalue weighted by atomic mass is 14.9. The molecule has 10 rings (SSSR count). The van der Waals surface area contributed by atoms with Crippen molar-refractivity contribution in [2.45, 2.75) is 66.2 Å². The van der Waals surface area contributed by atoms with Crippen molar-refractivity contribution in [2.24, 2.45) is 7.05 Å². The summed E-state index contributed by atoms with van der Waals surface area (Å²) >= 11 is 0. The van der Waals surface area contributed by atoms with Crippen molar-refractivity contribution < 1.29 is 0 Å². The lowest BCUT2D eigenvalue weighted by Gasteiger charge is -2.22. The Hall–Kier alpha value is -5.40. The maximum Gasteiger partial charge on any atom is 0.0491 e. The highest BCUT2D eigenvalue weighted by Gasteiger charge is 2.36. The summed E-state index contributed by atoms with van der Waals surface area (Å²) in [6.07, 6.45) is 1.19. The normalized spacial score (nSPS) is 14.6. The van der Waals surface area contributed by atoms with Gasteiger partial charge in [-0.25, -0.2) is 0 Å². The molecule has 258 valence electrons. The lowest BCUT2D eigenvalue weighted by molar-refractivity contribution is 0.659. The number of para-hydroxylation sites is 1. The number of nitrogens with zero attached hydrogens (tertiary/aromatic N) is 1. The minimum atomic E-state index is 0.0888. The first-order chi connectivity index (χ1) is 25.1. The molecule has 0 bridgehead atoms. The summed E-state index contributed by atoms with van der Waals surface area (Å²) in [5, 5.41) is 5.51. The third-order valence-electron chi connectivity index (χ3n) is 11.9. The van der Waals surface area contributed by atoms with Crippen LogP contribution in [0.2, 0.25) is 0 Å². The van der Waals surface area contributed by atoms with Gasteiger partial charge >= 0.3 is 0 Å². The fourth-order valence-electron chi connectivity index (χ4n) is 9.27. The monoisotopic (exact) mass is 675 g/mol. The van der Waals surface area contributed by atoms with Crippen LogP contribution in [0.3, 0.4) is 0 Å². The lowest BCUT2D eigenvalue weighted by Crippen LogP contribution is -2.15. The van der Waals surface area contributed by atoms with E-state index in [0.717, 1.165) is 0 Å². The van der Waals surface area contributed by atoms with Gasteiger partial charge in [0.25, 0.3) is 0 Å². The lowest BCUT2D eigenvalue weighted by atomic mass is 9.81. The Labute approximate surface area is 309 Å². The molecule has 0 amide bonds. The van der Waals surface area contributed by atoms with E-state index in [-0.39, 0.29) is 5.41 Å². The van der Waals surface area contributed by atoms with Gasteiger partial charge in [0.2, 0.25) is 0 Å². The third kappa shape index (κ3) is 5.29. The highest BCUT2D eigenvalue weighted by molar-refractivity contribution is 6.09. The first kappa shape index (κ1) is 33.7. The van der Waals surface area contributed by atoms with Crippen LogP contribution >= 0.6 is 0 Å². The van der Waals surface area contributed by atoms with Gasteiger partial charge in [0.15, 0.2) is 0 Å². The maximum absolute atomic E-state index is 2.40. The second-order valence-corrected chi connectivity index (χ2v) is 15.5. The van der Waals surface area contributed by atoms with E-state index in [1.165, 1.54) is 100 Å².